The van der Waals surface area contributed by atoms with Crippen LogP contribution in [-0.4, -0.2) is 17.7 Å². The first-order valence-electron chi connectivity index (χ1n) is 6.20. The molecule has 1 aromatic carbocycles. The lowest BCUT2D eigenvalue weighted by atomic mass is 10.1. The Labute approximate surface area is 123 Å². The summed E-state index contributed by atoms with van der Waals surface area (Å²) in [7, 11) is 0. The van der Waals surface area contributed by atoms with Crippen LogP contribution in [0.5, 0.6) is 0 Å². The second kappa shape index (κ2) is 5.36. The van der Waals surface area contributed by atoms with Crippen molar-refractivity contribution in [3.8, 4) is 0 Å². The molecule has 0 spiro atoms. The maximum atomic E-state index is 12.8. The van der Waals surface area contributed by atoms with Crippen LogP contribution in [0.1, 0.15) is 19.4 Å². The van der Waals surface area contributed by atoms with E-state index < -0.39 is 35.0 Å². The van der Waals surface area contributed by atoms with Crippen LogP contribution in [0, 0.1) is 0 Å². The lowest BCUT2D eigenvalue weighted by molar-refractivity contribution is -0.222. The van der Waals surface area contributed by atoms with E-state index in [1.54, 1.807) is 0 Å². The SMILES string of the molecule is CC1(C)OC(=O)C(=CNc2ccccc2C(F)(F)F)C(=O)O1. The van der Waals surface area contributed by atoms with Gasteiger partial charge in [-0.05, 0) is 12.1 Å². The Kier molecular flexibility index (Phi) is 3.87. The highest BCUT2D eigenvalue weighted by Gasteiger charge is 2.39. The van der Waals surface area contributed by atoms with Crippen LogP contribution in [0.3, 0.4) is 0 Å². The van der Waals surface area contributed by atoms with Gasteiger partial charge in [0.15, 0.2) is 5.57 Å². The third-order valence-electron chi connectivity index (χ3n) is 2.72. The molecule has 0 amide bonds. The zero-order valence-electron chi connectivity index (χ0n) is 11.7. The second-order valence-corrected chi connectivity index (χ2v) is 4.92. The number of carbonyl (C=O) groups is 2. The minimum atomic E-state index is -4.57. The summed E-state index contributed by atoms with van der Waals surface area (Å²) in [6.45, 7) is 2.73. The largest absolute Gasteiger partial charge is 0.419 e. The van der Waals surface area contributed by atoms with Gasteiger partial charge in [-0.1, -0.05) is 12.1 Å². The van der Waals surface area contributed by atoms with Gasteiger partial charge in [0, 0.05) is 20.0 Å². The molecule has 0 aliphatic carbocycles. The molecule has 1 aliphatic rings. The fourth-order valence-electron chi connectivity index (χ4n) is 1.78. The number of carbonyl (C=O) groups excluding carboxylic acids is 2. The average Bonchev–Trinajstić information content (AvgIpc) is 2.35. The Bertz CT molecular complexity index is 628. The minimum Gasteiger partial charge on any atom is -0.419 e. The van der Waals surface area contributed by atoms with Gasteiger partial charge in [0.1, 0.15) is 0 Å². The van der Waals surface area contributed by atoms with Gasteiger partial charge in [0.25, 0.3) is 5.79 Å². The molecular formula is C14H12F3NO4. The minimum absolute atomic E-state index is 0.298. The van der Waals surface area contributed by atoms with Crippen molar-refractivity contribution < 1.29 is 32.2 Å². The maximum Gasteiger partial charge on any atom is 0.418 e. The summed E-state index contributed by atoms with van der Waals surface area (Å²) in [5.74, 6) is -3.36. The van der Waals surface area contributed by atoms with E-state index in [4.69, 9.17) is 9.47 Å². The molecule has 0 aromatic heterocycles. The number of nitrogens with one attached hydrogen (secondary N) is 1. The van der Waals surface area contributed by atoms with E-state index in [0.29, 0.717) is 0 Å². The molecule has 0 bridgehead atoms. The van der Waals surface area contributed by atoms with Crippen molar-refractivity contribution in [1.29, 1.82) is 0 Å². The highest BCUT2D eigenvalue weighted by atomic mass is 19.4. The molecule has 22 heavy (non-hydrogen) atoms. The van der Waals surface area contributed by atoms with Crippen LogP contribution in [0.4, 0.5) is 18.9 Å². The molecule has 0 unspecified atom stereocenters. The topological polar surface area (TPSA) is 64.6 Å². The van der Waals surface area contributed by atoms with Gasteiger partial charge < -0.3 is 14.8 Å². The van der Waals surface area contributed by atoms with E-state index in [0.717, 1.165) is 12.3 Å². The lowest BCUT2D eigenvalue weighted by Gasteiger charge is -2.29. The van der Waals surface area contributed by atoms with Crippen LogP contribution in [0.15, 0.2) is 36.0 Å². The van der Waals surface area contributed by atoms with Crippen molar-refractivity contribution in [1.82, 2.24) is 0 Å². The third kappa shape index (κ3) is 3.38. The Morgan fingerprint density at radius 1 is 1.09 bits per heavy atom. The fourth-order valence-corrected chi connectivity index (χ4v) is 1.78. The summed E-state index contributed by atoms with van der Waals surface area (Å²) in [6, 6.07) is 4.66. The molecular weight excluding hydrogens is 303 g/mol. The molecule has 1 aromatic rings. The molecule has 0 atom stereocenters. The van der Waals surface area contributed by atoms with E-state index >= 15 is 0 Å². The number of halogens is 3. The zero-order chi connectivity index (χ0) is 16.5. The van der Waals surface area contributed by atoms with Gasteiger partial charge in [-0.2, -0.15) is 13.2 Å². The van der Waals surface area contributed by atoms with Crippen LogP contribution in [-0.2, 0) is 25.2 Å². The van der Waals surface area contributed by atoms with Crippen LogP contribution < -0.4 is 5.32 Å². The first kappa shape index (κ1) is 15.9. The molecule has 1 fully saturated rings. The number of alkyl halides is 3. The number of para-hydroxylation sites is 1. The van der Waals surface area contributed by atoms with Crippen molar-refractivity contribution in [2.75, 3.05) is 5.32 Å². The Morgan fingerprint density at radius 3 is 2.18 bits per heavy atom. The number of benzene rings is 1. The van der Waals surface area contributed by atoms with Crippen LogP contribution in [0.2, 0.25) is 0 Å². The second-order valence-electron chi connectivity index (χ2n) is 4.92. The quantitative estimate of drug-likeness (QED) is 0.516. The van der Waals surface area contributed by atoms with E-state index in [9.17, 15) is 22.8 Å². The Balaban J connectivity index is 2.26. The third-order valence-corrected chi connectivity index (χ3v) is 2.72. The highest BCUT2D eigenvalue weighted by Crippen LogP contribution is 2.34. The monoisotopic (exact) mass is 315 g/mol. The van der Waals surface area contributed by atoms with Gasteiger partial charge in [-0.3, -0.25) is 0 Å². The summed E-state index contributed by atoms with van der Waals surface area (Å²) in [5.41, 5.74) is -1.74. The number of ether oxygens (including phenoxy) is 2. The molecule has 1 saturated heterocycles. The van der Waals surface area contributed by atoms with Crippen molar-refractivity contribution >= 4 is 17.6 Å². The molecule has 0 radical (unpaired) electrons. The number of hydrogen-bond donors (Lipinski definition) is 1. The fraction of sp³-hybridized carbons (Fsp3) is 0.286. The van der Waals surface area contributed by atoms with Crippen molar-refractivity contribution in [2.45, 2.75) is 25.8 Å². The number of rotatable bonds is 2. The lowest BCUT2D eigenvalue weighted by Crippen LogP contribution is -2.42. The number of anilines is 1. The average molecular weight is 315 g/mol. The molecule has 1 aliphatic heterocycles. The van der Waals surface area contributed by atoms with Gasteiger partial charge in [0.2, 0.25) is 0 Å². The van der Waals surface area contributed by atoms with Gasteiger partial charge in [-0.15, -0.1) is 0 Å². The molecule has 118 valence electrons. The van der Waals surface area contributed by atoms with Crippen LogP contribution in [0.25, 0.3) is 0 Å². The molecule has 1 N–H and O–H groups in total. The summed E-state index contributed by atoms with van der Waals surface area (Å²) >= 11 is 0. The smallest absolute Gasteiger partial charge is 0.418 e. The molecule has 1 heterocycles. The molecule has 5 nitrogen and oxygen atoms in total. The molecule has 2 rings (SSSR count). The van der Waals surface area contributed by atoms with Crippen molar-refractivity contribution in [2.24, 2.45) is 0 Å². The normalized spacial score (nSPS) is 17.6. The van der Waals surface area contributed by atoms with E-state index in [1.807, 2.05) is 0 Å². The predicted molar refractivity (Wildman–Crippen MR) is 69.4 cm³/mol. The van der Waals surface area contributed by atoms with E-state index in [-0.39, 0.29) is 5.69 Å². The molecule has 0 saturated carbocycles. The zero-order valence-corrected chi connectivity index (χ0v) is 11.7. The highest BCUT2D eigenvalue weighted by molar-refractivity contribution is 6.15. The first-order valence-corrected chi connectivity index (χ1v) is 6.20. The Hall–Kier alpha value is -2.51. The summed E-state index contributed by atoms with van der Waals surface area (Å²) in [5, 5.41) is 2.29. The van der Waals surface area contributed by atoms with Crippen molar-refractivity contribution in [3.05, 3.63) is 41.6 Å². The molecule has 8 heteroatoms. The van der Waals surface area contributed by atoms with E-state index in [1.165, 1.54) is 32.0 Å². The van der Waals surface area contributed by atoms with Gasteiger partial charge in [-0.25, -0.2) is 9.59 Å². The predicted octanol–water partition coefficient (Wildman–Crippen LogP) is 2.84. The Morgan fingerprint density at radius 2 is 1.64 bits per heavy atom. The number of esters is 2. The van der Waals surface area contributed by atoms with Crippen LogP contribution >= 0.6 is 0 Å². The van der Waals surface area contributed by atoms with Gasteiger partial charge >= 0.3 is 18.1 Å². The number of hydrogen-bond acceptors (Lipinski definition) is 5. The first-order chi connectivity index (χ1) is 10.1. The van der Waals surface area contributed by atoms with Gasteiger partial charge in [0.05, 0.1) is 11.3 Å². The van der Waals surface area contributed by atoms with E-state index in [2.05, 4.69) is 5.32 Å². The van der Waals surface area contributed by atoms with Crippen molar-refractivity contribution in [3.63, 3.8) is 0 Å². The standard InChI is InChI=1S/C14H12F3NO4/c1-13(2)21-11(19)8(12(20)22-13)7-18-10-6-4-3-5-9(10)14(15,16)17/h3-7,18H,1-2H3. The maximum absolute atomic E-state index is 12.8. The summed E-state index contributed by atoms with van der Waals surface area (Å²) in [6.07, 6.45) is -3.73. The summed E-state index contributed by atoms with van der Waals surface area (Å²) in [4.78, 5) is 23.3. The number of cyclic esters (lactones) is 2. The summed E-state index contributed by atoms with van der Waals surface area (Å²) < 4.78 is 48.1.